The van der Waals surface area contributed by atoms with E-state index in [9.17, 15) is 40.5 Å². The molecule has 464 valence electrons. The zero-order valence-corrected chi connectivity index (χ0v) is 51.1. The number of carbonyl (C=O) groups is 1. The van der Waals surface area contributed by atoms with E-state index in [2.05, 4.69) is 67.8 Å². The first-order valence-electron chi connectivity index (χ1n) is 33.5. The van der Waals surface area contributed by atoms with Crippen molar-refractivity contribution in [3.05, 3.63) is 48.6 Å². The van der Waals surface area contributed by atoms with Gasteiger partial charge in [0.15, 0.2) is 6.29 Å². The van der Waals surface area contributed by atoms with Crippen LogP contribution in [0.3, 0.4) is 0 Å². The van der Waals surface area contributed by atoms with Crippen LogP contribution in [-0.2, 0) is 14.3 Å². The largest absolute Gasteiger partial charge is 0.394 e. The Labute approximate surface area is 485 Å². The number of hydrogen-bond donors (Lipinski definition) is 8. The van der Waals surface area contributed by atoms with Gasteiger partial charge < -0.3 is 50.5 Å². The van der Waals surface area contributed by atoms with Crippen LogP contribution in [0.4, 0.5) is 0 Å². The third kappa shape index (κ3) is 44.3. The van der Waals surface area contributed by atoms with E-state index in [0.29, 0.717) is 19.3 Å². The standard InChI is InChI=1S/C68H127NO10/c1-3-5-7-9-11-13-15-17-19-21-23-25-27-29-30-31-32-34-35-37-39-41-43-45-47-49-51-53-55-60(71)63(73)59(58-78-68-66(76)65(75)64(74)62(57-70)79-68)69-67(77)61(72)56-54-52-50-48-46-44-42-40-38-36-33-28-26-24-22-20-18-16-14-12-10-8-6-4-2/h24,26,33,36,39,41,47,49,59-66,68,70-76H,3-23,25,27-32,34-35,37-38,40,42-46,48,50-58H2,1-2H3,(H,69,77)/b26-24-,36-33-,41-39+,49-47+. The summed E-state index contributed by atoms with van der Waals surface area (Å²) in [5.41, 5.74) is 0. The van der Waals surface area contributed by atoms with Crippen LogP contribution in [0.1, 0.15) is 309 Å². The molecule has 9 atom stereocenters. The number of unbranched alkanes of at least 4 members (excludes halogenated alkanes) is 38. The number of aliphatic hydroxyl groups excluding tert-OH is 7. The summed E-state index contributed by atoms with van der Waals surface area (Å²) < 4.78 is 11.2. The molecule has 8 N–H and O–H groups in total. The maximum absolute atomic E-state index is 13.2. The molecule has 0 aromatic carbocycles. The first-order valence-corrected chi connectivity index (χ1v) is 33.5. The fraction of sp³-hybridized carbons (Fsp3) is 0.868. The monoisotopic (exact) mass is 1120 g/mol. The number of amides is 1. The van der Waals surface area contributed by atoms with Crippen LogP contribution >= 0.6 is 0 Å². The second-order valence-corrected chi connectivity index (χ2v) is 23.5. The summed E-state index contributed by atoms with van der Waals surface area (Å²) in [7, 11) is 0. The highest BCUT2D eigenvalue weighted by Crippen LogP contribution is 2.24. The molecule has 0 aromatic heterocycles. The van der Waals surface area contributed by atoms with Crippen LogP contribution < -0.4 is 5.32 Å². The first-order chi connectivity index (χ1) is 38.7. The fourth-order valence-electron chi connectivity index (χ4n) is 10.7. The predicted octanol–water partition coefficient (Wildman–Crippen LogP) is 15.6. The van der Waals surface area contributed by atoms with Crippen LogP contribution in [0.5, 0.6) is 0 Å². The van der Waals surface area contributed by atoms with Crippen LogP contribution in [0.2, 0.25) is 0 Å². The van der Waals surface area contributed by atoms with E-state index in [1.54, 1.807) is 0 Å². The van der Waals surface area contributed by atoms with E-state index in [4.69, 9.17) is 9.47 Å². The molecule has 0 aliphatic carbocycles. The van der Waals surface area contributed by atoms with Crippen LogP contribution in [0.15, 0.2) is 48.6 Å². The van der Waals surface area contributed by atoms with Gasteiger partial charge in [-0.15, -0.1) is 0 Å². The molecule has 9 unspecified atom stereocenters. The Morgan fingerprint density at radius 1 is 0.443 bits per heavy atom. The Hall–Kier alpha value is -1.93. The van der Waals surface area contributed by atoms with Crippen molar-refractivity contribution >= 4 is 5.91 Å². The molecule has 0 aromatic rings. The van der Waals surface area contributed by atoms with Crippen LogP contribution in [0, 0.1) is 0 Å². The van der Waals surface area contributed by atoms with Crippen molar-refractivity contribution < 1.29 is 50.0 Å². The summed E-state index contributed by atoms with van der Waals surface area (Å²) >= 11 is 0. The number of allylic oxidation sites excluding steroid dienone is 8. The van der Waals surface area contributed by atoms with Crippen molar-refractivity contribution in [2.24, 2.45) is 0 Å². The minimum atomic E-state index is -1.67. The molecule has 1 fully saturated rings. The van der Waals surface area contributed by atoms with E-state index in [0.717, 1.165) is 57.8 Å². The Morgan fingerprint density at radius 3 is 1.20 bits per heavy atom. The van der Waals surface area contributed by atoms with Crippen molar-refractivity contribution in [2.45, 2.75) is 364 Å². The molecule has 11 heteroatoms. The normalized spacial score (nSPS) is 19.6. The second kappa shape index (κ2) is 56.5. The molecule has 11 nitrogen and oxygen atoms in total. The van der Waals surface area contributed by atoms with Crippen LogP contribution in [-0.4, -0.2) is 110 Å². The van der Waals surface area contributed by atoms with E-state index in [1.165, 1.54) is 205 Å². The Morgan fingerprint density at radius 2 is 0.797 bits per heavy atom. The molecule has 1 rings (SSSR count). The molecular formula is C68H127NO10. The lowest BCUT2D eigenvalue weighted by Crippen LogP contribution is -2.60. The summed E-state index contributed by atoms with van der Waals surface area (Å²) in [6.45, 7) is 3.47. The molecule has 1 aliphatic rings. The van der Waals surface area contributed by atoms with Gasteiger partial charge in [-0.3, -0.25) is 4.79 Å². The van der Waals surface area contributed by atoms with Crippen LogP contribution in [0.25, 0.3) is 0 Å². The van der Waals surface area contributed by atoms with Crippen molar-refractivity contribution in [1.29, 1.82) is 0 Å². The lowest BCUT2D eigenvalue weighted by atomic mass is 9.98. The molecule has 1 heterocycles. The number of nitrogens with one attached hydrogen (secondary N) is 1. The smallest absolute Gasteiger partial charge is 0.249 e. The maximum atomic E-state index is 13.2. The maximum Gasteiger partial charge on any atom is 0.249 e. The number of hydrogen-bond acceptors (Lipinski definition) is 10. The van der Waals surface area contributed by atoms with Gasteiger partial charge in [-0.25, -0.2) is 0 Å². The van der Waals surface area contributed by atoms with Crippen molar-refractivity contribution in [3.8, 4) is 0 Å². The van der Waals surface area contributed by atoms with E-state index < -0.39 is 74.2 Å². The average molecular weight is 1120 g/mol. The van der Waals surface area contributed by atoms with E-state index >= 15 is 0 Å². The van der Waals surface area contributed by atoms with Gasteiger partial charge in [0, 0.05) is 0 Å². The molecule has 1 saturated heterocycles. The predicted molar refractivity (Wildman–Crippen MR) is 330 cm³/mol. The van der Waals surface area contributed by atoms with Crippen molar-refractivity contribution in [1.82, 2.24) is 5.32 Å². The highest BCUT2D eigenvalue weighted by atomic mass is 16.7. The summed E-state index contributed by atoms with van der Waals surface area (Å²) in [6, 6.07) is -1.20. The Kier molecular flexibility index (Phi) is 53.7. The van der Waals surface area contributed by atoms with E-state index in [1.807, 2.05) is 0 Å². The molecule has 0 saturated carbocycles. The highest BCUT2D eigenvalue weighted by molar-refractivity contribution is 5.80. The third-order valence-corrected chi connectivity index (χ3v) is 16.1. The molecule has 0 radical (unpaired) electrons. The third-order valence-electron chi connectivity index (χ3n) is 16.1. The van der Waals surface area contributed by atoms with Gasteiger partial charge in [0.1, 0.15) is 36.6 Å². The highest BCUT2D eigenvalue weighted by Gasteiger charge is 2.44. The van der Waals surface area contributed by atoms with Gasteiger partial charge in [-0.05, 0) is 83.5 Å². The van der Waals surface area contributed by atoms with Gasteiger partial charge in [0.25, 0.3) is 0 Å². The van der Waals surface area contributed by atoms with Gasteiger partial charge in [0.2, 0.25) is 5.91 Å². The Balaban J connectivity index is 2.27. The lowest BCUT2D eigenvalue weighted by Gasteiger charge is -2.40. The minimum Gasteiger partial charge on any atom is -0.394 e. The summed E-state index contributed by atoms with van der Waals surface area (Å²) in [5, 5.41) is 76.4. The molecule has 1 aliphatic heterocycles. The number of carbonyl (C=O) groups excluding carboxylic acids is 1. The molecule has 1 amide bonds. The quantitative estimate of drug-likeness (QED) is 0.0215. The number of ether oxygens (including phenoxy) is 2. The lowest BCUT2D eigenvalue weighted by molar-refractivity contribution is -0.303. The fourth-order valence-corrected chi connectivity index (χ4v) is 10.7. The second-order valence-electron chi connectivity index (χ2n) is 23.5. The van der Waals surface area contributed by atoms with Gasteiger partial charge in [0.05, 0.1) is 25.4 Å². The van der Waals surface area contributed by atoms with Gasteiger partial charge in [-0.1, -0.05) is 274 Å². The van der Waals surface area contributed by atoms with Crippen molar-refractivity contribution in [3.63, 3.8) is 0 Å². The zero-order valence-electron chi connectivity index (χ0n) is 51.1. The SMILES string of the molecule is CCCCCCCCCCC/C=C\C/C=C\CCCCCCCCCCC(O)C(=O)NC(COC1OC(CO)C(O)C(O)C1O)C(O)C(O)CCC/C=C/CC/C=C/CCCCCCCCCCCCCCCCCCCCC. The summed E-state index contributed by atoms with van der Waals surface area (Å²) in [5.74, 6) is -0.713. The topological polar surface area (TPSA) is 189 Å². The molecule has 0 bridgehead atoms. The average Bonchev–Trinajstić information content (AvgIpc) is 3.46. The zero-order chi connectivity index (χ0) is 57.5. The summed E-state index contributed by atoms with van der Waals surface area (Å²) in [4.78, 5) is 13.2. The molecule has 0 spiro atoms. The van der Waals surface area contributed by atoms with E-state index in [-0.39, 0.29) is 12.8 Å². The van der Waals surface area contributed by atoms with Gasteiger partial charge >= 0.3 is 0 Å². The Bertz CT molecular complexity index is 1420. The number of aliphatic hydroxyl groups is 7. The summed E-state index contributed by atoms with van der Waals surface area (Å²) in [6.07, 6.45) is 61.9. The molecular weight excluding hydrogens is 991 g/mol. The minimum absolute atomic E-state index is 0.243. The molecule has 79 heavy (non-hydrogen) atoms. The first kappa shape index (κ1) is 75.1. The number of rotatable bonds is 58. The van der Waals surface area contributed by atoms with Gasteiger partial charge in [-0.2, -0.15) is 0 Å². The van der Waals surface area contributed by atoms with Crippen molar-refractivity contribution in [2.75, 3.05) is 13.2 Å².